The van der Waals surface area contributed by atoms with Crippen LogP contribution in [0, 0.1) is 10.1 Å². The van der Waals surface area contributed by atoms with Crippen LogP contribution in [0.2, 0.25) is 5.15 Å². The molecular weight excluding hydrogens is 298 g/mol. The Morgan fingerprint density at radius 1 is 1.67 bits per heavy atom. The van der Waals surface area contributed by atoms with Gasteiger partial charge in [-0.3, -0.25) is 14.9 Å². The number of rotatable bonds is 4. The van der Waals surface area contributed by atoms with Gasteiger partial charge in [0, 0.05) is 25.8 Å². The van der Waals surface area contributed by atoms with Crippen molar-refractivity contribution >= 4 is 23.2 Å². The minimum absolute atomic E-state index is 0.00173. The standard InChI is InChI=1S/C13H16ClN3O4/c1-2-21-10-4-3-5-16(8-10)13(18)11-6-9(17(19)20)7-15-12(11)14/h6-7,10H,2-5,8H2,1H3. The Balaban J connectivity index is 2.19. The molecule has 1 aliphatic heterocycles. The van der Waals surface area contributed by atoms with Crippen molar-refractivity contribution < 1.29 is 14.5 Å². The summed E-state index contributed by atoms with van der Waals surface area (Å²) in [6.45, 7) is 3.54. The number of carbonyl (C=O) groups is 1. The molecule has 1 aliphatic rings. The van der Waals surface area contributed by atoms with Crippen LogP contribution in [0.1, 0.15) is 30.1 Å². The van der Waals surface area contributed by atoms with Crippen LogP contribution < -0.4 is 0 Å². The summed E-state index contributed by atoms with van der Waals surface area (Å²) in [5.74, 6) is -0.347. The predicted octanol–water partition coefficient (Wildman–Crippen LogP) is 2.28. The second-order valence-electron chi connectivity index (χ2n) is 4.76. The van der Waals surface area contributed by atoms with E-state index in [1.54, 1.807) is 4.90 Å². The van der Waals surface area contributed by atoms with E-state index in [9.17, 15) is 14.9 Å². The Bertz CT molecular complexity index is 550. The van der Waals surface area contributed by atoms with Crippen molar-refractivity contribution in [3.63, 3.8) is 0 Å². The number of hydrogen-bond acceptors (Lipinski definition) is 5. The Kier molecular flexibility index (Phi) is 5.08. The van der Waals surface area contributed by atoms with E-state index in [2.05, 4.69) is 4.98 Å². The fourth-order valence-corrected chi connectivity index (χ4v) is 2.54. The number of ether oxygens (including phenoxy) is 1. The molecule has 1 aromatic heterocycles. The maximum absolute atomic E-state index is 12.5. The zero-order chi connectivity index (χ0) is 15.4. The maximum Gasteiger partial charge on any atom is 0.288 e. The molecule has 8 heteroatoms. The van der Waals surface area contributed by atoms with Crippen LogP contribution in [0.4, 0.5) is 5.69 Å². The Morgan fingerprint density at radius 3 is 3.10 bits per heavy atom. The van der Waals surface area contributed by atoms with E-state index >= 15 is 0 Å². The highest BCUT2D eigenvalue weighted by molar-refractivity contribution is 6.32. The summed E-state index contributed by atoms with van der Waals surface area (Å²) < 4.78 is 5.54. The topological polar surface area (TPSA) is 85.6 Å². The van der Waals surface area contributed by atoms with Gasteiger partial charge in [-0.25, -0.2) is 4.98 Å². The molecule has 2 rings (SSSR count). The Morgan fingerprint density at radius 2 is 2.43 bits per heavy atom. The van der Waals surface area contributed by atoms with Crippen LogP contribution in [0.5, 0.6) is 0 Å². The van der Waals surface area contributed by atoms with Gasteiger partial charge in [0.2, 0.25) is 0 Å². The van der Waals surface area contributed by atoms with Crippen LogP contribution >= 0.6 is 11.6 Å². The molecule has 0 aliphatic carbocycles. The molecule has 114 valence electrons. The fourth-order valence-electron chi connectivity index (χ4n) is 2.35. The number of carbonyl (C=O) groups excluding carboxylic acids is 1. The zero-order valence-corrected chi connectivity index (χ0v) is 12.4. The van der Waals surface area contributed by atoms with E-state index in [0.29, 0.717) is 19.7 Å². The molecule has 1 fully saturated rings. The lowest BCUT2D eigenvalue weighted by atomic mass is 10.1. The van der Waals surface area contributed by atoms with E-state index in [1.807, 2.05) is 6.92 Å². The number of aromatic nitrogens is 1. The first-order valence-corrected chi connectivity index (χ1v) is 7.11. The molecule has 0 saturated carbocycles. The number of piperidine rings is 1. The van der Waals surface area contributed by atoms with E-state index < -0.39 is 4.92 Å². The lowest BCUT2D eigenvalue weighted by Gasteiger charge is -2.32. The van der Waals surface area contributed by atoms with Gasteiger partial charge >= 0.3 is 0 Å². The summed E-state index contributed by atoms with van der Waals surface area (Å²) in [5, 5.41) is 10.8. The van der Waals surface area contributed by atoms with Crippen molar-refractivity contribution in [1.82, 2.24) is 9.88 Å². The van der Waals surface area contributed by atoms with Crippen molar-refractivity contribution in [3.8, 4) is 0 Å². The Labute approximate surface area is 127 Å². The summed E-state index contributed by atoms with van der Waals surface area (Å²) in [6.07, 6.45) is 2.77. The molecule has 0 radical (unpaired) electrons. The zero-order valence-electron chi connectivity index (χ0n) is 11.6. The van der Waals surface area contributed by atoms with Crippen LogP contribution in [0.25, 0.3) is 0 Å². The monoisotopic (exact) mass is 313 g/mol. The molecule has 0 spiro atoms. The molecule has 0 aromatic carbocycles. The molecule has 2 heterocycles. The van der Waals surface area contributed by atoms with Crippen molar-refractivity contribution in [1.29, 1.82) is 0 Å². The van der Waals surface area contributed by atoms with Crippen molar-refractivity contribution in [2.45, 2.75) is 25.9 Å². The Hall–Kier alpha value is -1.73. The van der Waals surface area contributed by atoms with Crippen LogP contribution in [-0.2, 0) is 4.74 Å². The van der Waals surface area contributed by atoms with E-state index in [4.69, 9.17) is 16.3 Å². The minimum atomic E-state index is -0.598. The molecule has 1 saturated heterocycles. The molecule has 21 heavy (non-hydrogen) atoms. The van der Waals surface area contributed by atoms with Crippen molar-refractivity contribution in [2.24, 2.45) is 0 Å². The highest BCUT2D eigenvalue weighted by Crippen LogP contribution is 2.23. The highest BCUT2D eigenvalue weighted by atomic mass is 35.5. The molecular formula is C13H16ClN3O4. The quantitative estimate of drug-likeness (QED) is 0.483. The molecule has 1 unspecified atom stereocenters. The number of hydrogen-bond donors (Lipinski definition) is 0. The third-order valence-corrected chi connectivity index (χ3v) is 3.63. The first kappa shape index (κ1) is 15.7. The maximum atomic E-state index is 12.5. The molecule has 0 bridgehead atoms. The molecule has 1 amide bonds. The summed E-state index contributed by atoms with van der Waals surface area (Å²) in [7, 11) is 0. The smallest absolute Gasteiger partial charge is 0.288 e. The van der Waals surface area contributed by atoms with Gasteiger partial charge in [0.1, 0.15) is 11.3 Å². The van der Waals surface area contributed by atoms with Crippen LogP contribution in [0.15, 0.2) is 12.3 Å². The summed E-state index contributed by atoms with van der Waals surface area (Å²) in [6, 6.07) is 1.17. The van der Waals surface area contributed by atoms with Crippen LogP contribution in [0.3, 0.4) is 0 Å². The second-order valence-corrected chi connectivity index (χ2v) is 5.12. The number of nitrogens with zero attached hydrogens (tertiary/aromatic N) is 3. The average molecular weight is 314 g/mol. The van der Waals surface area contributed by atoms with Crippen molar-refractivity contribution in [3.05, 3.63) is 33.1 Å². The third-order valence-electron chi connectivity index (χ3n) is 3.33. The third kappa shape index (κ3) is 3.68. The number of nitro groups is 1. The number of amides is 1. The number of pyridine rings is 1. The molecule has 7 nitrogen and oxygen atoms in total. The lowest BCUT2D eigenvalue weighted by molar-refractivity contribution is -0.385. The van der Waals surface area contributed by atoms with Gasteiger partial charge in [-0.2, -0.15) is 0 Å². The van der Waals surface area contributed by atoms with Gasteiger partial charge in [0.05, 0.1) is 16.6 Å². The van der Waals surface area contributed by atoms with Gasteiger partial charge < -0.3 is 9.64 Å². The van der Waals surface area contributed by atoms with E-state index in [-0.39, 0.29) is 28.4 Å². The van der Waals surface area contributed by atoms with Gasteiger partial charge in [-0.05, 0) is 19.8 Å². The van der Waals surface area contributed by atoms with Crippen molar-refractivity contribution in [2.75, 3.05) is 19.7 Å². The average Bonchev–Trinajstić information content (AvgIpc) is 2.47. The first-order chi connectivity index (χ1) is 10.0. The molecule has 0 N–H and O–H groups in total. The molecule has 1 atom stereocenters. The summed E-state index contributed by atoms with van der Waals surface area (Å²) >= 11 is 5.90. The molecule has 1 aromatic rings. The highest BCUT2D eigenvalue weighted by Gasteiger charge is 2.27. The van der Waals surface area contributed by atoms with Gasteiger partial charge in [-0.1, -0.05) is 11.6 Å². The van der Waals surface area contributed by atoms with Crippen LogP contribution in [-0.4, -0.2) is 46.5 Å². The number of likely N-dealkylation sites (tertiary alicyclic amines) is 1. The van der Waals surface area contributed by atoms with E-state index in [1.165, 1.54) is 6.07 Å². The fraction of sp³-hybridized carbons (Fsp3) is 0.538. The van der Waals surface area contributed by atoms with E-state index in [0.717, 1.165) is 19.0 Å². The SMILES string of the molecule is CCOC1CCCN(C(=O)c2cc([N+](=O)[O-])cnc2Cl)C1. The minimum Gasteiger partial charge on any atom is -0.377 e. The summed E-state index contributed by atoms with van der Waals surface area (Å²) in [4.78, 5) is 28.0. The van der Waals surface area contributed by atoms with Gasteiger partial charge in [0.15, 0.2) is 0 Å². The summed E-state index contributed by atoms with van der Waals surface area (Å²) in [5.41, 5.74) is -0.191. The largest absolute Gasteiger partial charge is 0.377 e. The first-order valence-electron chi connectivity index (χ1n) is 6.73. The predicted molar refractivity (Wildman–Crippen MR) is 76.5 cm³/mol. The van der Waals surface area contributed by atoms with Gasteiger partial charge in [0.25, 0.3) is 11.6 Å². The second kappa shape index (κ2) is 6.82. The normalized spacial score (nSPS) is 18.6. The van der Waals surface area contributed by atoms with Gasteiger partial charge in [-0.15, -0.1) is 0 Å². The number of halogens is 1. The lowest BCUT2D eigenvalue weighted by Crippen LogP contribution is -2.43.